The fourth-order valence-corrected chi connectivity index (χ4v) is 1.46. The van der Waals surface area contributed by atoms with E-state index < -0.39 is 0 Å². The molecule has 0 aromatic carbocycles. The van der Waals surface area contributed by atoms with E-state index in [1.54, 1.807) is 0 Å². The summed E-state index contributed by atoms with van der Waals surface area (Å²) in [7, 11) is 0. The minimum atomic E-state index is -0.0579. The van der Waals surface area contributed by atoms with Crippen LogP contribution >= 0.6 is 12.4 Å². The molecule has 1 atom stereocenters. The zero-order valence-electron chi connectivity index (χ0n) is 5.26. The lowest BCUT2D eigenvalue weighted by atomic mass is 10.2. The molecule has 1 aliphatic carbocycles. The molecule has 0 amide bonds. The quantitative estimate of drug-likeness (QED) is 0.519. The third-order valence-corrected chi connectivity index (χ3v) is 2.19. The van der Waals surface area contributed by atoms with Crippen molar-refractivity contribution in [2.75, 3.05) is 6.54 Å². The van der Waals surface area contributed by atoms with Crippen LogP contribution in [-0.2, 0) is 0 Å². The molecule has 1 aliphatic heterocycles. The summed E-state index contributed by atoms with van der Waals surface area (Å²) in [5.41, 5.74) is 0.416. The van der Waals surface area contributed by atoms with E-state index in [-0.39, 0.29) is 18.5 Å². The third kappa shape index (κ3) is 1.20. The van der Waals surface area contributed by atoms with Crippen LogP contribution in [0.2, 0.25) is 0 Å². The van der Waals surface area contributed by atoms with Gasteiger partial charge in [-0.3, -0.25) is 0 Å². The predicted molar refractivity (Wildman–Crippen MR) is 37.8 cm³/mol. The molecule has 54 valence electrons. The summed E-state index contributed by atoms with van der Waals surface area (Å²) in [5, 5.41) is 12.3. The molecule has 0 aromatic rings. The number of halogens is 1. The second-order valence-corrected chi connectivity index (χ2v) is 3.02. The summed E-state index contributed by atoms with van der Waals surface area (Å²) in [5.74, 6) is 0. The van der Waals surface area contributed by atoms with Crippen LogP contribution in [0.1, 0.15) is 19.3 Å². The van der Waals surface area contributed by atoms with Crippen molar-refractivity contribution in [2.45, 2.75) is 30.9 Å². The maximum absolute atomic E-state index is 9.04. The summed E-state index contributed by atoms with van der Waals surface area (Å²) < 4.78 is 0. The molecule has 2 rings (SSSR count). The van der Waals surface area contributed by atoms with Crippen LogP contribution < -0.4 is 5.32 Å². The number of hydrogen-bond donors (Lipinski definition) is 2. The van der Waals surface area contributed by atoms with Crippen molar-refractivity contribution in [3.8, 4) is 0 Å². The van der Waals surface area contributed by atoms with Crippen LogP contribution in [0.15, 0.2) is 0 Å². The van der Waals surface area contributed by atoms with Gasteiger partial charge in [0.1, 0.15) is 0 Å². The van der Waals surface area contributed by atoms with E-state index in [1.165, 1.54) is 12.8 Å². The van der Waals surface area contributed by atoms with E-state index in [0.29, 0.717) is 5.54 Å². The maximum atomic E-state index is 9.04. The zero-order valence-corrected chi connectivity index (χ0v) is 6.08. The summed E-state index contributed by atoms with van der Waals surface area (Å²) >= 11 is 0. The van der Waals surface area contributed by atoms with Gasteiger partial charge in [-0.15, -0.1) is 12.4 Å². The van der Waals surface area contributed by atoms with E-state index in [1.807, 2.05) is 0 Å². The molecule has 2 N–H and O–H groups in total. The van der Waals surface area contributed by atoms with Gasteiger partial charge >= 0.3 is 0 Å². The summed E-state index contributed by atoms with van der Waals surface area (Å²) in [4.78, 5) is 0. The van der Waals surface area contributed by atoms with Crippen LogP contribution in [0.4, 0.5) is 0 Å². The molecule has 0 radical (unpaired) electrons. The Morgan fingerprint density at radius 3 is 2.33 bits per heavy atom. The molecule has 2 nitrogen and oxygen atoms in total. The number of hydrogen-bond acceptors (Lipinski definition) is 2. The lowest BCUT2D eigenvalue weighted by Crippen LogP contribution is -2.22. The summed E-state index contributed by atoms with van der Waals surface area (Å²) in [6.07, 6.45) is 3.50. The number of β-amino-alcohol motifs (C(OH)–C–C–N with tert-alkyl or cyclic N) is 1. The number of aliphatic hydroxyl groups excluding tert-OH is 1. The Kier molecular flexibility index (Phi) is 1.72. The highest BCUT2D eigenvalue weighted by Crippen LogP contribution is 2.42. The van der Waals surface area contributed by atoms with E-state index in [2.05, 4.69) is 5.32 Å². The standard InChI is InChI=1S/C6H11NO.ClH/c8-5-3-6(1-2-6)7-4-5;/h5,7-8H,1-4H2;1H/t5-;/m0./s1. The molecule has 1 saturated heterocycles. The van der Waals surface area contributed by atoms with Gasteiger partial charge in [0.2, 0.25) is 0 Å². The van der Waals surface area contributed by atoms with E-state index in [4.69, 9.17) is 5.11 Å². The lowest BCUT2D eigenvalue weighted by Gasteiger charge is -2.01. The topological polar surface area (TPSA) is 32.3 Å². The predicted octanol–water partition coefficient (Wildman–Crippen LogP) is 0.295. The summed E-state index contributed by atoms with van der Waals surface area (Å²) in [6.45, 7) is 0.819. The molecule has 0 bridgehead atoms. The summed E-state index contributed by atoms with van der Waals surface area (Å²) in [6, 6.07) is 0. The number of rotatable bonds is 0. The van der Waals surface area contributed by atoms with Crippen LogP contribution in [0.5, 0.6) is 0 Å². The Morgan fingerprint density at radius 2 is 2.11 bits per heavy atom. The Balaban J connectivity index is 0.000000405. The molecule has 1 heterocycles. The first-order valence-corrected chi connectivity index (χ1v) is 3.24. The van der Waals surface area contributed by atoms with Gasteiger partial charge in [0.25, 0.3) is 0 Å². The smallest absolute Gasteiger partial charge is 0.0682 e. The third-order valence-electron chi connectivity index (χ3n) is 2.19. The van der Waals surface area contributed by atoms with Crippen LogP contribution in [0, 0.1) is 0 Å². The molecular formula is C6H12ClNO. The molecule has 3 heteroatoms. The van der Waals surface area contributed by atoms with Gasteiger partial charge in [-0.1, -0.05) is 0 Å². The highest BCUT2D eigenvalue weighted by Gasteiger charge is 2.47. The zero-order chi connectivity index (χ0) is 5.61. The minimum absolute atomic E-state index is 0. The van der Waals surface area contributed by atoms with E-state index >= 15 is 0 Å². The highest BCUT2D eigenvalue weighted by atomic mass is 35.5. The van der Waals surface area contributed by atoms with Gasteiger partial charge in [-0.25, -0.2) is 0 Å². The van der Waals surface area contributed by atoms with Crippen LogP contribution in [0.3, 0.4) is 0 Å². The van der Waals surface area contributed by atoms with Gasteiger partial charge in [0.05, 0.1) is 6.10 Å². The van der Waals surface area contributed by atoms with Crippen molar-refractivity contribution in [3.05, 3.63) is 0 Å². The second-order valence-electron chi connectivity index (χ2n) is 3.02. The molecule has 1 saturated carbocycles. The molecular weight excluding hydrogens is 138 g/mol. The van der Waals surface area contributed by atoms with Gasteiger partial charge in [0, 0.05) is 12.1 Å². The van der Waals surface area contributed by atoms with Crippen LogP contribution in [0.25, 0.3) is 0 Å². The van der Waals surface area contributed by atoms with Crippen LogP contribution in [-0.4, -0.2) is 23.3 Å². The number of nitrogens with one attached hydrogen (secondary N) is 1. The fourth-order valence-electron chi connectivity index (χ4n) is 1.46. The monoisotopic (exact) mass is 149 g/mol. The molecule has 0 unspecified atom stereocenters. The van der Waals surface area contributed by atoms with Crippen molar-refractivity contribution < 1.29 is 5.11 Å². The lowest BCUT2D eigenvalue weighted by molar-refractivity contribution is 0.192. The second kappa shape index (κ2) is 2.11. The maximum Gasteiger partial charge on any atom is 0.0682 e. The first-order valence-electron chi connectivity index (χ1n) is 3.24. The molecule has 2 aliphatic rings. The van der Waals surface area contributed by atoms with Gasteiger partial charge in [-0.05, 0) is 19.3 Å². The largest absolute Gasteiger partial charge is 0.392 e. The normalized spacial score (nSPS) is 36.3. The van der Waals surface area contributed by atoms with Gasteiger partial charge in [-0.2, -0.15) is 0 Å². The Labute approximate surface area is 61.0 Å². The van der Waals surface area contributed by atoms with E-state index in [0.717, 1.165) is 13.0 Å². The molecule has 0 aromatic heterocycles. The van der Waals surface area contributed by atoms with Crippen molar-refractivity contribution in [3.63, 3.8) is 0 Å². The number of aliphatic hydroxyl groups is 1. The van der Waals surface area contributed by atoms with E-state index in [9.17, 15) is 0 Å². The average Bonchev–Trinajstić information content (AvgIpc) is 2.34. The first kappa shape index (κ1) is 7.32. The fraction of sp³-hybridized carbons (Fsp3) is 1.00. The SMILES string of the molecule is Cl.O[C@@H]1CNC2(CC2)C1. The average molecular weight is 150 g/mol. The molecule has 1 spiro atoms. The molecule has 9 heavy (non-hydrogen) atoms. The Morgan fingerprint density at radius 1 is 1.44 bits per heavy atom. The van der Waals surface area contributed by atoms with Crippen molar-refractivity contribution in [1.82, 2.24) is 5.32 Å². The first-order chi connectivity index (χ1) is 3.81. The van der Waals surface area contributed by atoms with Crippen molar-refractivity contribution in [2.24, 2.45) is 0 Å². The minimum Gasteiger partial charge on any atom is -0.392 e. The highest BCUT2D eigenvalue weighted by molar-refractivity contribution is 5.85. The molecule has 2 fully saturated rings. The van der Waals surface area contributed by atoms with Crippen molar-refractivity contribution >= 4 is 12.4 Å². The Hall–Kier alpha value is 0.210. The van der Waals surface area contributed by atoms with Gasteiger partial charge < -0.3 is 10.4 Å². The Bertz CT molecular complexity index is 114. The van der Waals surface area contributed by atoms with Gasteiger partial charge in [0.15, 0.2) is 0 Å². The van der Waals surface area contributed by atoms with Crippen molar-refractivity contribution in [1.29, 1.82) is 0 Å².